The molecular weight excluding hydrogens is 385 g/mol. The Labute approximate surface area is 172 Å². The van der Waals surface area contributed by atoms with Gasteiger partial charge in [-0.3, -0.25) is 14.4 Å². The summed E-state index contributed by atoms with van der Waals surface area (Å²) in [6, 6.07) is 16.0. The van der Waals surface area contributed by atoms with Crippen molar-refractivity contribution in [1.29, 1.82) is 0 Å². The summed E-state index contributed by atoms with van der Waals surface area (Å²) in [5.74, 6) is -1.18. The molecule has 1 aliphatic heterocycles. The van der Waals surface area contributed by atoms with Crippen LogP contribution in [0, 0.1) is 5.82 Å². The Hall–Kier alpha value is -4.00. The van der Waals surface area contributed by atoms with Crippen LogP contribution in [0.25, 0.3) is 11.1 Å². The predicted octanol–water partition coefficient (Wildman–Crippen LogP) is 3.95. The van der Waals surface area contributed by atoms with E-state index in [0.29, 0.717) is 29.0 Å². The molecule has 6 nitrogen and oxygen atoms in total. The maximum atomic E-state index is 13.3. The Kier molecular flexibility index (Phi) is 5.02. The first-order chi connectivity index (χ1) is 14.4. The van der Waals surface area contributed by atoms with Crippen molar-refractivity contribution in [2.75, 3.05) is 10.6 Å². The van der Waals surface area contributed by atoms with Gasteiger partial charge >= 0.3 is 0 Å². The van der Waals surface area contributed by atoms with Gasteiger partial charge in [-0.15, -0.1) is 0 Å². The third kappa shape index (κ3) is 3.77. The summed E-state index contributed by atoms with van der Waals surface area (Å²) in [7, 11) is 0. The van der Waals surface area contributed by atoms with Gasteiger partial charge < -0.3 is 16.0 Å². The van der Waals surface area contributed by atoms with Crippen molar-refractivity contribution in [3.05, 3.63) is 83.2 Å². The fraction of sp³-hybridized carbons (Fsp3) is 0.0870. The second-order valence-electron chi connectivity index (χ2n) is 6.92. The highest BCUT2D eigenvalue weighted by Gasteiger charge is 2.26. The lowest BCUT2D eigenvalue weighted by Gasteiger charge is -2.13. The molecule has 0 aromatic heterocycles. The van der Waals surface area contributed by atoms with Crippen molar-refractivity contribution < 1.29 is 18.8 Å². The zero-order valence-corrected chi connectivity index (χ0v) is 16.1. The number of halogens is 1. The van der Waals surface area contributed by atoms with E-state index < -0.39 is 0 Å². The van der Waals surface area contributed by atoms with E-state index >= 15 is 0 Å². The summed E-state index contributed by atoms with van der Waals surface area (Å²) < 4.78 is 13.3. The molecule has 0 saturated heterocycles. The summed E-state index contributed by atoms with van der Waals surface area (Å²) in [4.78, 5) is 36.2. The maximum Gasteiger partial charge on any atom is 0.255 e. The molecule has 0 spiro atoms. The van der Waals surface area contributed by atoms with E-state index in [-0.39, 0.29) is 23.5 Å². The van der Waals surface area contributed by atoms with E-state index in [1.807, 2.05) is 6.07 Å². The van der Waals surface area contributed by atoms with E-state index in [1.54, 1.807) is 42.5 Å². The Balaban J connectivity index is 1.63. The average Bonchev–Trinajstić information content (AvgIpc) is 3.11. The van der Waals surface area contributed by atoms with Crippen molar-refractivity contribution in [3.63, 3.8) is 0 Å². The molecule has 1 heterocycles. The maximum absolute atomic E-state index is 13.3. The Morgan fingerprint density at radius 1 is 0.933 bits per heavy atom. The fourth-order valence-electron chi connectivity index (χ4n) is 3.45. The minimum atomic E-state index is -0.374. The van der Waals surface area contributed by atoms with E-state index in [4.69, 9.17) is 0 Å². The fourth-order valence-corrected chi connectivity index (χ4v) is 3.45. The number of benzene rings is 3. The van der Waals surface area contributed by atoms with Crippen molar-refractivity contribution in [2.24, 2.45) is 0 Å². The summed E-state index contributed by atoms with van der Waals surface area (Å²) in [5, 5.41) is 8.21. The average molecular weight is 403 g/mol. The highest BCUT2D eigenvalue weighted by Crippen LogP contribution is 2.34. The molecule has 0 radical (unpaired) electrons. The summed E-state index contributed by atoms with van der Waals surface area (Å²) in [6.07, 6.45) is 0. The smallest absolute Gasteiger partial charge is 0.255 e. The molecule has 1 aliphatic rings. The summed E-state index contributed by atoms with van der Waals surface area (Å²) in [6.45, 7) is 1.73. The van der Waals surface area contributed by atoms with Crippen LogP contribution in [0.15, 0.2) is 60.7 Å². The van der Waals surface area contributed by atoms with Gasteiger partial charge in [0.25, 0.3) is 11.8 Å². The number of nitrogens with one attached hydrogen (secondary N) is 3. The molecular formula is C23H18FN3O3. The van der Waals surface area contributed by atoms with E-state index in [1.165, 1.54) is 19.1 Å². The Bertz CT molecular complexity index is 1160. The predicted molar refractivity (Wildman–Crippen MR) is 112 cm³/mol. The number of anilines is 2. The number of amides is 3. The molecule has 7 heteroatoms. The number of hydrogen-bond donors (Lipinski definition) is 3. The van der Waals surface area contributed by atoms with Gasteiger partial charge in [-0.2, -0.15) is 0 Å². The summed E-state index contributed by atoms with van der Waals surface area (Å²) >= 11 is 0. The molecule has 3 aromatic carbocycles. The van der Waals surface area contributed by atoms with Crippen LogP contribution in [0.3, 0.4) is 0 Å². The van der Waals surface area contributed by atoms with Gasteiger partial charge in [-0.05, 0) is 59.2 Å². The minimum Gasteiger partial charge on any atom is -0.348 e. The molecule has 3 N–H and O–H groups in total. The van der Waals surface area contributed by atoms with Crippen LogP contribution < -0.4 is 16.0 Å². The lowest BCUT2D eigenvalue weighted by molar-refractivity contribution is -0.114. The molecule has 4 rings (SSSR count). The second kappa shape index (κ2) is 7.79. The zero-order valence-electron chi connectivity index (χ0n) is 16.1. The van der Waals surface area contributed by atoms with Gasteiger partial charge in [0.05, 0.1) is 11.3 Å². The van der Waals surface area contributed by atoms with Crippen LogP contribution in [0.1, 0.15) is 33.2 Å². The quantitative estimate of drug-likeness (QED) is 0.617. The van der Waals surface area contributed by atoms with Crippen LogP contribution in [-0.4, -0.2) is 17.7 Å². The monoisotopic (exact) mass is 403 g/mol. The van der Waals surface area contributed by atoms with Crippen LogP contribution in [-0.2, 0) is 11.3 Å². The van der Waals surface area contributed by atoms with Crippen LogP contribution >= 0.6 is 0 Å². The van der Waals surface area contributed by atoms with E-state index in [0.717, 1.165) is 16.7 Å². The SMILES string of the molecule is CC(=O)Nc1ccc(C(=O)Nc2ccc(-c3ccc(F)cc3)c3c2C(=O)NC3)cc1. The van der Waals surface area contributed by atoms with Crippen LogP contribution in [0.2, 0.25) is 0 Å². The van der Waals surface area contributed by atoms with Crippen molar-refractivity contribution in [1.82, 2.24) is 5.32 Å². The largest absolute Gasteiger partial charge is 0.348 e. The lowest BCUT2D eigenvalue weighted by Crippen LogP contribution is -2.17. The third-order valence-corrected chi connectivity index (χ3v) is 4.84. The Morgan fingerprint density at radius 3 is 2.30 bits per heavy atom. The van der Waals surface area contributed by atoms with Gasteiger partial charge in [0.2, 0.25) is 5.91 Å². The van der Waals surface area contributed by atoms with Gasteiger partial charge in [0.15, 0.2) is 0 Å². The molecule has 3 aromatic rings. The Morgan fingerprint density at radius 2 is 1.63 bits per heavy atom. The van der Waals surface area contributed by atoms with Gasteiger partial charge in [-0.25, -0.2) is 4.39 Å². The highest BCUT2D eigenvalue weighted by molar-refractivity contribution is 6.11. The molecule has 0 unspecified atom stereocenters. The normalized spacial score (nSPS) is 12.1. The van der Waals surface area contributed by atoms with E-state index in [2.05, 4.69) is 16.0 Å². The number of carbonyl (C=O) groups excluding carboxylic acids is 3. The molecule has 150 valence electrons. The van der Waals surface area contributed by atoms with Crippen LogP contribution in [0.4, 0.5) is 15.8 Å². The van der Waals surface area contributed by atoms with Gasteiger partial charge in [0.1, 0.15) is 5.82 Å². The van der Waals surface area contributed by atoms with Crippen molar-refractivity contribution in [2.45, 2.75) is 13.5 Å². The highest BCUT2D eigenvalue weighted by atomic mass is 19.1. The van der Waals surface area contributed by atoms with E-state index in [9.17, 15) is 18.8 Å². The number of hydrogen-bond acceptors (Lipinski definition) is 3. The first-order valence-electron chi connectivity index (χ1n) is 9.31. The molecule has 0 saturated carbocycles. The second-order valence-corrected chi connectivity index (χ2v) is 6.92. The minimum absolute atomic E-state index is 0.199. The molecule has 0 bridgehead atoms. The summed E-state index contributed by atoms with van der Waals surface area (Å²) in [5.41, 5.74) is 4.13. The molecule has 0 atom stereocenters. The number of rotatable bonds is 4. The molecule has 0 fully saturated rings. The topological polar surface area (TPSA) is 87.3 Å². The molecule has 3 amide bonds. The number of fused-ring (bicyclic) bond motifs is 1. The molecule has 30 heavy (non-hydrogen) atoms. The van der Waals surface area contributed by atoms with Gasteiger partial charge in [-0.1, -0.05) is 18.2 Å². The third-order valence-electron chi connectivity index (χ3n) is 4.84. The lowest BCUT2D eigenvalue weighted by atomic mass is 9.95. The van der Waals surface area contributed by atoms with Gasteiger partial charge in [0, 0.05) is 24.7 Å². The zero-order chi connectivity index (χ0) is 21.3. The number of carbonyl (C=O) groups is 3. The molecule has 0 aliphatic carbocycles. The standard InChI is InChI=1S/C23H18FN3O3/c1-13(28)26-17-8-4-15(5-9-17)22(29)27-20-11-10-18(14-2-6-16(24)7-3-14)19-12-25-23(30)21(19)20/h2-11H,12H2,1H3,(H,25,30)(H,26,28)(H,27,29). The van der Waals surface area contributed by atoms with Crippen molar-refractivity contribution in [3.8, 4) is 11.1 Å². The first kappa shape index (κ1) is 19.3. The van der Waals surface area contributed by atoms with Crippen molar-refractivity contribution >= 4 is 29.1 Å². The first-order valence-corrected chi connectivity index (χ1v) is 9.31. The van der Waals surface area contributed by atoms with Crippen LogP contribution in [0.5, 0.6) is 0 Å².